The number of nitrogens with one attached hydrogen (secondary N) is 1. The number of hydrogen-bond acceptors (Lipinski definition) is 2. The summed E-state index contributed by atoms with van der Waals surface area (Å²) < 4.78 is 0. The van der Waals surface area contributed by atoms with Gasteiger partial charge >= 0.3 is 5.97 Å². The molecule has 0 aliphatic heterocycles. The maximum atomic E-state index is 13.4. The van der Waals surface area contributed by atoms with Crippen LogP contribution < -0.4 is 21.2 Å². The van der Waals surface area contributed by atoms with E-state index in [0.717, 1.165) is 21.5 Å². The number of amides is 1. The number of benzene rings is 5. The quantitative estimate of drug-likeness (QED) is 0.172. The summed E-state index contributed by atoms with van der Waals surface area (Å²) in [4.78, 5) is 26.6. The molecule has 0 aliphatic rings. The van der Waals surface area contributed by atoms with Gasteiger partial charge < -0.3 is 10.4 Å². The summed E-state index contributed by atoms with van der Waals surface area (Å²) in [5.74, 6) is -1.68. The molecule has 0 aliphatic carbocycles. The van der Waals surface area contributed by atoms with Crippen molar-refractivity contribution in [2.45, 2.75) is 0 Å². The number of carbonyl (C=O) groups is 2. The van der Waals surface area contributed by atoms with E-state index in [1.165, 1.54) is 0 Å². The topological polar surface area (TPSA) is 66.4 Å². The van der Waals surface area contributed by atoms with Crippen LogP contribution in [0.15, 0.2) is 157 Å². The van der Waals surface area contributed by atoms with Crippen molar-refractivity contribution in [3.8, 4) is 0 Å². The second-order valence-electron chi connectivity index (χ2n) is 8.89. The lowest BCUT2D eigenvalue weighted by Gasteiger charge is -2.31. The van der Waals surface area contributed by atoms with Crippen LogP contribution in [-0.2, 0) is 4.79 Å². The molecule has 5 aromatic rings. The summed E-state index contributed by atoms with van der Waals surface area (Å²) >= 11 is 0. The standard InChI is InChI=1S/C34H26NO3P.ClH/c36-33(27-18-8-2-9-19-27)35-31(34(37)38)32(26-16-6-1-7-17-26)39(28-20-10-3-11-21-28,29-22-12-4-13-23-29)30-24-14-5-15-25-30;/h1-25H,(H-,35,36,37,38);1H/p+1/b32-31+;. The first-order valence-electron chi connectivity index (χ1n) is 12.6. The maximum Gasteiger partial charge on any atom is 0.356 e. The maximum absolute atomic E-state index is 13.4. The predicted octanol–water partition coefficient (Wildman–Crippen LogP) is 6.29. The van der Waals surface area contributed by atoms with Crippen LogP contribution in [0.3, 0.4) is 0 Å². The number of aliphatic carboxylic acids is 1. The van der Waals surface area contributed by atoms with Crippen LogP contribution in [0.5, 0.6) is 0 Å². The van der Waals surface area contributed by atoms with Crippen molar-refractivity contribution in [1.29, 1.82) is 0 Å². The van der Waals surface area contributed by atoms with E-state index in [-0.39, 0.29) is 18.1 Å². The van der Waals surface area contributed by atoms with Crippen LogP contribution in [0.4, 0.5) is 0 Å². The summed E-state index contributed by atoms with van der Waals surface area (Å²) in [6, 6.07) is 48.2. The predicted molar refractivity (Wildman–Crippen MR) is 167 cm³/mol. The lowest BCUT2D eigenvalue weighted by atomic mass is 10.1. The normalized spacial score (nSPS) is 11.5. The monoisotopic (exact) mass is 564 g/mol. The zero-order chi connectivity index (χ0) is 27.1. The van der Waals surface area contributed by atoms with Crippen LogP contribution in [0.2, 0.25) is 0 Å². The van der Waals surface area contributed by atoms with E-state index in [1.54, 1.807) is 24.3 Å². The molecule has 198 valence electrons. The molecule has 0 atom stereocenters. The van der Waals surface area contributed by atoms with Crippen molar-refractivity contribution in [3.63, 3.8) is 0 Å². The molecule has 0 saturated heterocycles. The van der Waals surface area contributed by atoms with Gasteiger partial charge in [0.25, 0.3) is 5.91 Å². The fourth-order valence-electron chi connectivity index (χ4n) is 4.88. The number of hydrogen-bond donors (Lipinski definition) is 2. The molecule has 4 nitrogen and oxygen atoms in total. The Bertz CT molecular complexity index is 1500. The summed E-state index contributed by atoms with van der Waals surface area (Å²) in [6.07, 6.45) is 0. The fraction of sp³-hybridized carbons (Fsp3) is 0. The van der Waals surface area contributed by atoms with Crippen molar-refractivity contribution in [2.24, 2.45) is 0 Å². The van der Waals surface area contributed by atoms with Gasteiger partial charge in [-0.1, -0.05) is 103 Å². The summed E-state index contributed by atoms with van der Waals surface area (Å²) in [5.41, 5.74) is 0.972. The highest BCUT2D eigenvalue weighted by Gasteiger charge is 2.52. The molecular weight excluding hydrogens is 537 g/mol. The molecule has 5 aromatic carbocycles. The van der Waals surface area contributed by atoms with E-state index >= 15 is 0 Å². The first-order chi connectivity index (χ1) is 19.1. The molecule has 0 radical (unpaired) electrons. The summed E-state index contributed by atoms with van der Waals surface area (Å²) in [6.45, 7) is 0. The number of rotatable bonds is 8. The van der Waals surface area contributed by atoms with Crippen molar-refractivity contribution in [1.82, 2.24) is 5.32 Å². The number of carboxylic acids is 1. The minimum Gasteiger partial charge on any atom is -0.476 e. The Hall–Kier alpha value is -4.50. The lowest BCUT2D eigenvalue weighted by Crippen LogP contribution is -2.36. The Balaban J connectivity index is 0.00000370. The molecule has 0 heterocycles. The van der Waals surface area contributed by atoms with Gasteiger partial charge in [0.2, 0.25) is 0 Å². The van der Waals surface area contributed by atoms with E-state index in [9.17, 15) is 14.7 Å². The summed E-state index contributed by atoms with van der Waals surface area (Å²) in [7, 11) is -2.86. The SMILES string of the molecule is Cl.O=C(O)/C(NC(=O)c1ccccc1)=C(/c1ccccc1)[P+](c1ccccc1)(c1ccccc1)c1ccccc1. The van der Waals surface area contributed by atoms with Crippen molar-refractivity contribution >= 4 is 52.8 Å². The number of carboxylic acid groups (broad SMARTS) is 1. The zero-order valence-electron chi connectivity index (χ0n) is 21.6. The Labute approximate surface area is 240 Å². The van der Waals surface area contributed by atoms with E-state index in [0.29, 0.717) is 10.9 Å². The van der Waals surface area contributed by atoms with E-state index in [2.05, 4.69) is 41.7 Å². The second-order valence-corrected chi connectivity index (χ2v) is 12.2. The molecule has 0 unspecified atom stereocenters. The molecule has 0 spiro atoms. The largest absolute Gasteiger partial charge is 0.476 e. The molecule has 40 heavy (non-hydrogen) atoms. The van der Waals surface area contributed by atoms with Gasteiger partial charge in [0.1, 0.15) is 28.5 Å². The third kappa shape index (κ3) is 5.60. The minimum absolute atomic E-state index is 0. The van der Waals surface area contributed by atoms with Crippen LogP contribution in [0, 0.1) is 0 Å². The van der Waals surface area contributed by atoms with Gasteiger partial charge in [-0.25, -0.2) is 4.79 Å². The van der Waals surface area contributed by atoms with Crippen molar-refractivity contribution in [3.05, 3.63) is 168 Å². The number of halogens is 1. The Kier molecular flexibility index (Phi) is 9.29. The summed E-state index contributed by atoms with van der Waals surface area (Å²) in [5, 5.41) is 17.1. The molecule has 0 saturated carbocycles. The van der Waals surface area contributed by atoms with Crippen LogP contribution >= 0.6 is 19.7 Å². The molecule has 0 aromatic heterocycles. The van der Waals surface area contributed by atoms with Gasteiger partial charge in [-0.05, 0) is 48.5 Å². The van der Waals surface area contributed by atoms with Crippen molar-refractivity contribution in [2.75, 3.05) is 0 Å². The van der Waals surface area contributed by atoms with E-state index in [4.69, 9.17) is 0 Å². The van der Waals surface area contributed by atoms with Gasteiger partial charge in [0.15, 0.2) is 5.70 Å². The highest BCUT2D eigenvalue weighted by atomic mass is 35.5. The van der Waals surface area contributed by atoms with Gasteiger partial charge in [0, 0.05) is 11.1 Å². The smallest absolute Gasteiger partial charge is 0.356 e. The lowest BCUT2D eigenvalue weighted by molar-refractivity contribution is -0.132. The van der Waals surface area contributed by atoms with E-state index in [1.807, 2.05) is 91.0 Å². The van der Waals surface area contributed by atoms with Crippen LogP contribution in [0.1, 0.15) is 15.9 Å². The molecule has 0 fully saturated rings. The Morgan fingerprint density at radius 1 is 0.500 bits per heavy atom. The van der Waals surface area contributed by atoms with Crippen molar-refractivity contribution < 1.29 is 14.7 Å². The third-order valence-corrected chi connectivity index (χ3v) is 10.9. The first kappa shape index (κ1) is 28.5. The first-order valence-corrected chi connectivity index (χ1v) is 14.4. The number of carbonyl (C=O) groups excluding carboxylic acids is 1. The van der Waals surface area contributed by atoms with Crippen LogP contribution in [-0.4, -0.2) is 17.0 Å². The van der Waals surface area contributed by atoms with Gasteiger partial charge in [0.05, 0.1) is 0 Å². The Morgan fingerprint density at radius 3 is 1.18 bits per heavy atom. The van der Waals surface area contributed by atoms with Crippen LogP contribution in [0.25, 0.3) is 5.31 Å². The van der Waals surface area contributed by atoms with Gasteiger partial charge in [-0.15, -0.1) is 12.4 Å². The second kappa shape index (κ2) is 13.0. The third-order valence-electron chi connectivity index (χ3n) is 6.54. The molecule has 1 amide bonds. The molecular formula is C34H28ClNO3P+. The highest BCUT2D eigenvalue weighted by molar-refractivity contribution is 8.03. The Morgan fingerprint density at radius 2 is 0.825 bits per heavy atom. The average Bonchev–Trinajstić information content (AvgIpc) is 3.01. The van der Waals surface area contributed by atoms with E-state index < -0.39 is 19.1 Å². The zero-order valence-corrected chi connectivity index (χ0v) is 23.3. The van der Waals surface area contributed by atoms with Gasteiger partial charge in [-0.3, -0.25) is 4.79 Å². The molecule has 5 rings (SSSR count). The molecule has 0 bridgehead atoms. The highest BCUT2D eigenvalue weighted by Crippen LogP contribution is 2.67. The average molecular weight is 565 g/mol. The van der Waals surface area contributed by atoms with Gasteiger partial charge in [-0.2, -0.15) is 0 Å². The fourth-order valence-corrected chi connectivity index (χ4v) is 9.43. The molecule has 6 heteroatoms. The molecule has 2 N–H and O–H groups in total. The minimum atomic E-state index is -2.86.